The van der Waals surface area contributed by atoms with E-state index in [0.29, 0.717) is 25.1 Å². The highest BCUT2D eigenvalue weighted by molar-refractivity contribution is 7.89. The number of amides is 1. The Bertz CT molecular complexity index is 847. The van der Waals surface area contributed by atoms with E-state index in [1.165, 1.54) is 24.3 Å². The lowest BCUT2D eigenvalue weighted by molar-refractivity contribution is 0.0947. The van der Waals surface area contributed by atoms with Gasteiger partial charge in [0.2, 0.25) is 10.0 Å². The minimum absolute atomic E-state index is 0.141. The van der Waals surface area contributed by atoms with Crippen molar-refractivity contribution in [2.45, 2.75) is 38.1 Å². The van der Waals surface area contributed by atoms with E-state index < -0.39 is 10.0 Å². The van der Waals surface area contributed by atoms with Crippen molar-refractivity contribution in [2.24, 2.45) is 0 Å². The molecule has 0 radical (unpaired) electrons. The first-order valence-electron chi connectivity index (χ1n) is 8.92. The Morgan fingerprint density at radius 2 is 1.70 bits per heavy atom. The van der Waals surface area contributed by atoms with Crippen LogP contribution in [0.2, 0.25) is 0 Å². The normalized spacial score (nSPS) is 12.4. The van der Waals surface area contributed by atoms with Crippen molar-refractivity contribution in [3.05, 3.63) is 59.7 Å². The maximum absolute atomic E-state index is 12.2. The summed E-state index contributed by atoms with van der Waals surface area (Å²) < 4.78 is 32.6. The lowest BCUT2D eigenvalue weighted by Crippen LogP contribution is -2.32. The summed E-state index contributed by atoms with van der Waals surface area (Å²) in [6.45, 7) is 6.41. The summed E-state index contributed by atoms with van der Waals surface area (Å²) >= 11 is 0. The Kier molecular flexibility index (Phi) is 7.38. The van der Waals surface area contributed by atoms with Crippen LogP contribution in [0.4, 0.5) is 0 Å². The van der Waals surface area contributed by atoms with E-state index in [1.807, 2.05) is 38.1 Å². The van der Waals surface area contributed by atoms with Gasteiger partial charge in [-0.15, -0.1) is 0 Å². The summed E-state index contributed by atoms with van der Waals surface area (Å²) in [7, 11) is -3.57. The van der Waals surface area contributed by atoms with Crippen LogP contribution < -0.4 is 14.8 Å². The molecule has 0 saturated heterocycles. The van der Waals surface area contributed by atoms with E-state index in [9.17, 15) is 13.2 Å². The quantitative estimate of drug-likeness (QED) is 0.645. The Morgan fingerprint density at radius 1 is 1.07 bits per heavy atom. The fourth-order valence-corrected chi connectivity index (χ4v) is 3.60. The Morgan fingerprint density at radius 3 is 2.30 bits per heavy atom. The number of nitrogens with one attached hydrogen (secondary N) is 2. The van der Waals surface area contributed by atoms with Crippen LogP contribution in [-0.2, 0) is 10.0 Å². The first kappa shape index (κ1) is 20.9. The van der Waals surface area contributed by atoms with E-state index in [4.69, 9.17) is 4.74 Å². The summed E-state index contributed by atoms with van der Waals surface area (Å²) in [5, 5.41) is 2.75. The molecule has 2 aromatic carbocycles. The minimum Gasteiger partial charge on any atom is -0.492 e. The van der Waals surface area contributed by atoms with Crippen LogP contribution in [0.5, 0.6) is 5.75 Å². The van der Waals surface area contributed by atoms with Gasteiger partial charge in [-0.3, -0.25) is 4.79 Å². The zero-order valence-electron chi connectivity index (χ0n) is 15.9. The van der Waals surface area contributed by atoms with Gasteiger partial charge >= 0.3 is 0 Å². The van der Waals surface area contributed by atoms with Gasteiger partial charge in [0.25, 0.3) is 5.91 Å². The molecule has 1 atom stereocenters. The molecular weight excluding hydrogens is 364 g/mol. The van der Waals surface area contributed by atoms with Gasteiger partial charge in [0.1, 0.15) is 12.4 Å². The highest BCUT2D eigenvalue weighted by atomic mass is 32.2. The third-order valence-electron chi connectivity index (χ3n) is 4.07. The molecule has 0 bridgehead atoms. The van der Waals surface area contributed by atoms with Crippen LogP contribution >= 0.6 is 0 Å². The second kappa shape index (κ2) is 9.53. The molecule has 0 spiro atoms. The van der Waals surface area contributed by atoms with Crippen molar-refractivity contribution in [3.63, 3.8) is 0 Å². The van der Waals surface area contributed by atoms with Crippen LogP contribution in [0, 0.1) is 6.92 Å². The monoisotopic (exact) mass is 390 g/mol. The molecule has 2 rings (SSSR count). The lowest BCUT2D eigenvalue weighted by Gasteiger charge is -2.12. The summed E-state index contributed by atoms with van der Waals surface area (Å²) in [5.74, 6) is 0.472. The molecule has 27 heavy (non-hydrogen) atoms. The van der Waals surface area contributed by atoms with Crippen molar-refractivity contribution in [1.82, 2.24) is 10.0 Å². The number of hydrogen-bond donors (Lipinski definition) is 2. The van der Waals surface area contributed by atoms with E-state index in [2.05, 4.69) is 10.0 Å². The first-order valence-corrected chi connectivity index (χ1v) is 10.4. The molecule has 146 valence electrons. The molecule has 7 heteroatoms. The largest absolute Gasteiger partial charge is 0.492 e. The summed E-state index contributed by atoms with van der Waals surface area (Å²) in [6, 6.07) is 13.4. The van der Waals surface area contributed by atoms with Crippen molar-refractivity contribution in [1.29, 1.82) is 0 Å². The van der Waals surface area contributed by atoms with Gasteiger partial charge in [-0.05, 0) is 56.7 Å². The Labute approximate surface area is 161 Å². The highest BCUT2D eigenvalue weighted by Crippen LogP contribution is 2.12. The molecule has 2 aromatic rings. The van der Waals surface area contributed by atoms with Gasteiger partial charge in [-0.2, -0.15) is 0 Å². The van der Waals surface area contributed by atoms with Crippen LogP contribution in [0.25, 0.3) is 0 Å². The SMILES string of the molecule is CCC(C)NS(=O)(=O)c1ccc(C(=O)NCCOc2ccc(C)cc2)cc1. The average molecular weight is 391 g/mol. The van der Waals surface area contributed by atoms with Gasteiger partial charge in [-0.1, -0.05) is 24.6 Å². The smallest absolute Gasteiger partial charge is 0.251 e. The van der Waals surface area contributed by atoms with Gasteiger partial charge in [0.05, 0.1) is 11.4 Å². The van der Waals surface area contributed by atoms with Gasteiger partial charge in [0, 0.05) is 11.6 Å². The number of rotatable bonds is 9. The van der Waals surface area contributed by atoms with Crippen LogP contribution in [0.1, 0.15) is 36.2 Å². The topological polar surface area (TPSA) is 84.5 Å². The number of carbonyl (C=O) groups excluding carboxylic acids is 1. The lowest BCUT2D eigenvalue weighted by atomic mass is 10.2. The standard InChI is InChI=1S/C20H26N2O4S/c1-4-16(3)22-27(24,25)19-11-7-17(8-12-19)20(23)21-13-14-26-18-9-5-15(2)6-10-18/h5-12,16,22H,4,13-14H2,1-3H3,(H,21,23). The summed E-state index contributed by atoms with van der Waals surface area (Å²) in [4.78, 5) is 12.3. The molecule has 0 heterocycles. The third kappa shape index (κ3) is 6.37. The van der Waals surface area contributed by atoms with E-state index in [1.54, 1.807) is 6.92 Å². The second-order valence-electron chi connectivity index (χ2n) is 6.37. The molecule has 0 aliphatic carbocycles. The Hall–Kier alpha value is -2.38. The second-order valence-corrected chi connectivity index (χ2v) is 8.09. The molecule has 0 aliphatic heterocycles. The molecule has 6 nitrogen and oxygen atoms in total. The fraction of sp³-hybridized carbons (Fsp3) is 0.350. The molecule has 0 aromatic heterocycles. The third-order valence-corrected chi connectivity index (χ3v) is 5.68. The first-order chi connectivity index (χ1) is 12.8. The fourth-order valence-electron chi connectivity index (χ4n) is 2.27. The molecule has 0 saturated carbocycles. The number of aryl methyl sites for hydroxylation is 1. The van der Waals surface area contributed by atoms with Gasteiger partial charge in [-0.25, -0.2) is 13.1 Å². The predicted octanol–water partition coefficient (Wildman–Crippen LogP) is 2.88. The molecule has 0 aliphatic rings. The zero-order chi connectivity index (χ0) is 19.9. The van der Waals surface area contributed by atoms with E-state index >= 15 is 0 Å². The maximum atomic E-state index is 12.2. The minimum atomic E-state index is -3.57. The number of hydrogen-bond acceptors (Lipinski definition) is 4. The van der Waals surface area contributed by atoms with E-state index in [0.717, 1.165) is 11.3 Å². The van der Waals surface area contributed by atoms with Crippen molar-refractivity contribution < 1.29 is 17.9 Å². The Balaban J connectivity index is 1.85. The number of sulfonamides is 1. The zero-order valence-corrected chi connectivity index (χ0v) is 16.7. The van der Waals surface area contributed by atoms with Gasteiger partial charge in [0.15, 0.2) is 0 Å². The highest BCUT2D eigenvalue weighted by Gasteiger charge is 2.17. The average Bonchev–Trinajstić information content (AvgIpc) is 2.66. The van der Waals surface area contributed by atoms with Crippen molar-refractivity contribution in [3.8, 4) is 5.75 Å². The maximum Gasteiger partial charge on any atom is 0.251 e. The molecule has 1 unspecified atom stereocenters. The van der Waals surface area contributed by atoms with Gasteiger partial charge < -0.3 is 10.1 Å². The number of benzene rings is 2. The van der Waals surface area contributed by atoms with E-state index in [-0.39, 0.29) is 16.8 Å². The van der Waals surface area contributed by atoms with Crippen molar-refractivity contribution in [2.75, 3.05) is 13.2 Å². The van der Waals surface area contributed by atoms with Crippen LogP contribution in [0.3, 0.4) is 0 Å². The predicted molar refractivity (Wildman–Crippen MR) is 106 cm³/mol. The van der Waals surface area contributed by atoms with Crippen LogP contribution in [0.15, 0.2) is 53.4 Å². The molecule has 0 fully saturated rings. The van der Waals surface area contributed by atoms with Crippen LogP contribution in [-0.4, -0.2) is 33.5 Å². The summed E-state index contributed by atoms with van der Waals surface area (Å²) in [5.41, 5.74) is 1.55. The number of ether oxygens (including phenoxy) is 1. The number of carbonyl (C=O) groups is 1. The van der Waals surface area contributed by atoms with Crippen molar-refractivity contribution >= 4 is 15.9 Å². The molecule has 2 N–H and O–H groups in total. The summed E-state index contributed by atoms with van der Waals surface area (Å²) in [6.07, 6.45) is 0.699. The molecule has 1 amide bonds. The molecular formula is C20H26N2O4S.